The number of thiophene rings is 1. The Bertz CT molecular complexity index is 510. The summed E-state index contributed by atoms with van der Waals surface area (Å²) in [5, 5.41) is 1.85. The summed E-state index contributed by atoms with van der Waals surface area (Å²) in [6, 6.07) is 1.93. The van der Waals surface area contributed by atoms with Gasteiger partial charge in [-0.3, -0.25) is 9.69 Å². The summed E-state index contributed by atoms with van der Waals surface area (Å²) in [6.07, 6.45) is 0.908. The molecule has 2 heterocycles. The zero-order chi connectivity index (χ0) is 15.4. The summed E-state index contributed by atoms with van der Waals surface area (Å²) in [4.78, 5) is 17.8. The lowest BCUT2D eigenvalue weighted by atomic mass is 10.1. The molecule has 1 fully saturated rings. The van der Waals surface area contributed by atoms with E-state index in [1.807, 2.05) is 10.3 Å². The first-order valence-electron chi connectivity index (χ1n) is 7.02. The van der Waals surface area contributed by atoms with Gasteiger partial charge in [0.2, 0.25) is 0 Å². The topological polar surface area (TPSA) is 58.8 Å². The third-order valence-corrected chi connectivity index (χ3v) is 4.95. The first-order valence-corrected chi connectivity index (χ1v) is 8.30. The number of carbonyl (C=O) groups is 1. The van der Waals surface area contributed by atoms with E-state index in [1.165, 1.54) is 11.3 Å². The predicted molar refractivity (Wildman–Crippen MR) is 89.2 cm³/mol. The number of piperazine rings is 1. The van der Waals surface area contributed by atoms with Crippen LogP contribution < -0.4 is 10.5 Å². The number of thiocarbonyl (C=S) groups is 1. The Kier molecular flexibility index (Phi) is 5.55. The van der Waals surface area contributed by atoms with Crippen molar-refractivity contribution < 1.29 is 9.53 Å². The number of amides is 1. The molecule has 1 amide bonds. The number of rotatable bonds is 5. The SMILES string of the molecule is CCC(C(N)=S)N1CCN(C(=O)c2cc(OC)cs2)CC1. The van der Waals surface area contributed by atoms with Crippen molar-refractivity contribution in [3.63, 3.8) is 0 Å². The van der Waals surface area contributed by atoms with Crippen LogP contribution in [0.3, 0.4) is 0 Å². The van der Waals surface area contributed by atoms with Gasteiger partial charge in [-0.05, 0) is 6.42 Å². The molecule has 5 nitrogen and oxygen atoms in total. The quantitative estimate of drug-likeness (QED) is 0.832. The van der Waals surface area contributed by atoms with Crippen molar-refractivity contribution in [2.75, 3.05) is 33.3 Å². The molecule has 1 aromatic rings. The molecule has 1 aromatic heterocycles. The second-order valence-electron chi connectivity index (χ2n) is 5.01. The molecule has 0 aliphatic carbocycles. The Labute approximate surface area is 134 Å². The van der Waals surface area contributed by atoms with E-state index in [4.69, 9.17) is 22.7 Å². The smallest absolute Gasteiger partial charge is 0.264 e. The third-order valence-electron chi connectivity index (χ3n) is 3.78. The van der Waals surface area contributed by atoms with Crippen LogP contribution in [0.25, 0.3) is 0 Å². The Morgan fingerprint density at radius 2 is 2.14 bits per heavy atom. The van der Waals surface area contributed by atoms with Gasteiger partial charge in [0.1, 0.15) is 5.75 Å². The minimum Gasteiger partial charge on any atom is -0.496 e. The van der Waals surface area contributed by atoms with Gasteiger partial charge in [0.05, 0.1) is 23.0 Å². The predicted octanol–water partition coefficient (Wildman–Crippen LogP) is 1.58. The molecule has 0 saturated carbocycles. The van der Waals surface area contributed by atoms with E-state index in [-0.39, 0.29) is 11.9 Å². The van der Waals surface area contributed by atoms with Gasteiger partial charge in [-0.1, -0.05) is 19.1 Å². The second kappa shape index (κ2) is 7.20. The number of hydrogen-bond donors (Lipinski definition) is 1. The molecule has 1 unspecified atom stereocenters. The average Bonchev–Trinajstić information content (AvgIpc) is 2.96. The maximum absolute atomic E-state index is 12.4. The van der Waals surface area contributed by atoms with E-state index < -0.39 is 0 Å². The van der Waals surface area contributed by atoms with Gasteiger partial charge >= 0.3 is 0 Å². The van der Waals surface area contributed by atoms with Crippen LogP contribution in [0.1, 0.15) is 23.0 Å². The van der Waals surface area contributed by atoms with Gasteiger partial charge in [-0.15, -0.1) is 11.3 Å². The molecular formula is C14H21N3O2S2. The van der Waals surface area contributed by atoms with E-state index in [0.717, 1.165) is 30.1 Å². The van der Waals surface area contributed by atoms with E-state index in [0.29, 0.717) is 18.1 Å². The Hall–Kier alpha value is -1.18. The maximum atomic E-state index is 12.4. The summed E-state index contributed by atoms with van der Waals surface area (Å²) in [6.45, 7) is 5.11. The fourth-order valence-electron chi connectivity index (χ4n) is 2.57. The van der Waals surface area contributed by atoms with E-state index in [2.05, 4.69) is 11.8 Å². The van der Waals surface area contributed by atoms with Gasteiger partial charge in [0, 0.05) is 37.6 Å². The minimum atomic E-state index is 0.0753. The van der Waals surface area contributed by atoms with Crippen molar-refractivity contribution in [2.24, 2.45) is 5.73 Å². The molecule has 2 N–H and O–H groups in total. The number of ether oxygens (including phenoxy) is 1. The molecule has 0 spiro atoms. The lowest BCUT2D eigenvalue weighted by Crippen LogP contribution is -2.54. The number of nitrogens with zero attached hydrogens (tertiary/aromatic N) is 2. The van der Waals surface area contributed by atoms with Gasteiger partial charge in [0.25, 0.3) is 5.91 Å². The number of methoxy groups -OCH3 is 1. The van der Waals surface area contributed by atoms with Gasteiger partial charge < -0.3 is 15.4 Å². The molecule has 1 saturated heterocycles. The van der Waals surface area contributed by atoms with E-state index in [9.17, 15) is 4.79 Å². The van der Waals surface area contributed by atoms with Crippen LogP contribution in [0.15, 0.2) is 11.4 Å². The number of hydrogen-bond acceptors (Lipinski definition) is 5. The highest BCUT2D eigenvalue weighted by Gasteiger charge is 2.27. The van der Waals surface area contributed by atoms with Crippen molar-refractivity contribution >= 4 is 34.5 Å². The standard InChI is InChI=1S/C14H21N3O2S2/c1-3-11(13(15)20)16-4-6-17(7-5-16)14(18)12-8-10(19-2)9-21-12/h8-9,11H,3-7H2,1-2H3,(H2,15,20). The monoisotopic (exact) mass is 327 g/mol. The number of carbonyl (C=O) groups excluding carboxylic acids is 1. The molecule has 1 aliphatic heterocycles. The molecule has 1 aliphatic rings. The van der Waals surface area contributed by atoms with E-state index in [1.54, 1.807) is 13.2 Å². The van der Waals surface area contributed by atoms with Crippen LogP contribution in [-0.2, 0) is 0 Å². The number of nitrogens with two attached hydrogens (primary N) is 1. The van der Waals surface area contributed by atoms with Crippen molar-refractivity contribution in [1.82, 2.24) is 9.80 Å². The zero-order valence-electron chi connectivity index (χ0n) is 12.4. The fourth-order valence-corrected chi connectivity index (χ4v) is 3.71. The lowest BCUT2D eigenvalue weighted by Gasteiger charge is -2.38. The van der Waals surface area contributed by atoms with Crippen molar-refractivity contribution in [1.29, 1.82) is 0 Å². The average molecular weight is 327 g/mol. The van der Waals surface area contributed by atoms with Gasteiger partial charge in [0.15, 0.2) is 0 Å². The summed E-state index contributed by atoms with van der Waals surface area (Å²) < 4.78 is 5.12. The molecular weight excluding hydrogens is 306 g/mol. The lowest BCUT2D eigenvalue weighted by molar-refractivity contribution is 0.0616. The molecule has 21 heavy (non-hydrogen) atoms. The summed E-state index contributed by atoms with van der Waals surface area (Å²) in [5.41, 5.74) is 5.78. The fraction of sp³-hybridized carbons (Fsp3) is 0.571. The summed E-state index contributed by atoms with van der Waals surface area (Å²) in [5.74, 6) is 0.813. The Morgan fingerprint density at radius 1 is 1.48 bits per heavy atom. The molecule has 0 radical (unpaired) electrons. The van der Waals surface area contributed by atoms with Crippen LogP contribution in [0.4, 0.5) is 0 Å². The maximum Gasteiger partial charge on any atom is 0.264 e. The second-order valence-corrected chi connectivity index (χ2v) is 6.39. The van der Waals surface area contributed by atoms with E-state index >= 15 is 0 Å². The minimum absolute atomic E-state index is 0.0753. The molecule has 1 atom stereocenters. The highest BCUT2D eigenvalue weighted by atomic mass is 32.1. The highest BCUT2D eigenvalue weighted by Crippen LogP contribution is 2.23. The normalized spacial score (nSPS) is 17.5. The largest absolute Gasteiger partial charge is 0.496 e. The Balaban J connectivity index is 1.94. The molecule has 116 valence electrons. The van der Waals surface area contributed by atoms with Crippen molar-refractivity contribution in [3.05, 3.63) is 16.3 Å². The molecule has 7 heteroatoms. The summed E-state index contributed by atoms with van der Waals surface area (Å²) in [7, 11) is 1.61. The van der Waals surface area contributed by atoms with Crippen LogP contribution in [0.5, 0.6) is 5.75 Å². The highest BCUT2D eigenvalue weighted by molar-refractivity contribution is 7.80. The zero-order valence-corrected chi connectivity index (χ0v) is 14.0. The van der Waals surface area contributed by atoms with Crippen molar-refractivity contribution in [3.8, 4) is 5.75 Å². The van der Waals surface area contributed by atoms with Crippen LogP contribution >= 0.6 is 23.6 Å². The van der Waals surface area contributed by atoms with Crippen LogP contribution in [-0.4, -0.2) is 60.0 Å². The van der Waals surface area contributed by atoms with Gasteiger partial charge in [-0.2, -0.15) is 0 Å². The van der Waals surface area contributed by atoms with Gasteiger partial charge in [-0.25, -0.2) is 0 Å². The molecule has 0 bridgehead atoms. The summed E-state index contributed by atoms with van der Waals surface area (Å²) >= 11 is 6.54. The molecule has 2 rings (SSSR count). The third kappa shape index (κ3) is 3.72. The van der Waals surface area contributed by atoms with Crippen LogP contribution in [0.2, 0.25) is 0 Å². The van der Waals surface area contributed by atoms with Crippen molar-refractivity contribution in [2.45, 2.75) is 19.4 Å². The first-order chi connectivity index (χ1) is 10.1. The Morgan fingerprint density at radius 3 is 2.62 bits per heavy atom. The molecule has 0 aromatic carbocycles. The van der Waals surface area contributed by atoms with Crippen LogP contribution in [0, 0.1) is 0 Å². The first kappa shape index (κ1) is 16.2.